The summed E-state index contributed by atoms with van der Waals surface area (Å²) in [6.45, 7) is 4.16. The Kier molecular flexibility index (Phi) is 4.14. The number of hydrogen-bond donors (Lipinski definition) is 1. The molecule has 0 radical (unpaired) electrons. The van der Waals surface area contributed by atoms with E-state index in [1.807, 2.05) is 25.1 Å². The molecule has 1 saturated heterocycles. The second kappa shape index (κ2) is 6.45. The van der Waals surface area contributed by atoms with Gasteiger partial charge < -0.3 is 9.88 Å². The molecule has 0 aliphatic carbocycles. The van der Waals surface area contributed by atoms with Gasteiger partial charge in [0.05, 0.1) is 10.9 Å². The van der Waals surface area contributed by atoms with E-state index in [1.165, 1.54) is 31.5 Å². The first kappa shape index (κ1) is 16.0. The Morgan fingerprint density at radius 3 is 2.52 bits per heavy atom. The summed E-state index contributed by atoms with van der Waals surface area (Å²) in [5, 5.41) is 0.641. The van der Waals surface area contributed by atoms with Crippen LogP contribution in [0, 0.1) is 6.92 Å². The van der Waals surface area contributed by atoms with Gasteiger partial charge in [0.25, 0.3) is 5.56 Å². The zero-order valence-electron chi connectivity index (χ0n) is 14.7. The van der Waals surface area contributed by atoms with Crippen molar-refractivity contribution in [2.45, 2.75) is 25.7 Å². The van der Waals surface area contributed by atoms with Crippen molar-refractivity contribution in [2.24, 2.45) is 0 Å². The van der Waals surface area contributed by atoms with E-state index in [0.29, 0.717) is 17.1 Å². The normalized spacial score (nSPS) is 16.4. The van der Waals surface area contributed by atoms with Gasteiger partial charge in [-0.3, -0.25) is 4.79 Å². The molecule has 1 aliphatic rings. The highest BCUT2D eigenvalue weighted by Crippen LogP contribution is 2.31. The minimum atomic E-state index is -0.0766. The zero-order chi connectivity index (χ0) is 17.4. The first-order valence-corrected chi connectivity index (χ1v) is 8.90. The molecule has 2 heterocycles. The number of aromatic nitrogens is 2. The lowest BCUT2D eigenvalue weighted by Crippen LogP contribution is -2.29. The van der Waals surface area contributed by atoms with E-state index in [2.05, 4.69) is 46.2 Å². The van der Waals surface area contributed by atoms with E-state index in [9.17, 15) is 4.79 Å². The summed E-state index contributed by atoms with van der Waals surface area (Å²) in [6.07, 6.45) is 2.44. The predicted octanol–water partition coefficient (Wildman–Crippen LogP) is 3.71. The van der Waals surface area contributed by atoms with E-state index >= 15 is 0 Å². The summed E-state index contributed by atoms with van der Waals surface area (Å²) in [6, 6.07) is 14.6. The fraction of sp³-hybridized carbons (Fsp3) is 0.333. The number of nitrogens with one attached hydrogen (secondary N) is 1. The van der Waals surface area contributed by atoms with Crippen molar-refractivity contribution < 1.29 is 0 Å². The Morgan fingerprint density at radius 1 is 1.08 bits per heavy atom. The Morgan fingerprint density at radius 2 is 1.80 bits per heavy atom. The summed E-state index contributed by atoms with van der Waals surface area (Å²) < 4.78 is 0. The van der Waals surface area contributed by atoms with Crippen LogP contribution in [0.5, 0.6) is 0 Å². The van der Waals surface area contributed by atoms with Crippen molar-refractivity contribution in [2.75, 3.05) is 20.1 Å². The maximum atomic E-state index is 12.2. The van der Waals surface area contributed by atoms with Crippen LogP contribution in [0.25, 0.3) is 22.0 Å². The van der Waals surface area contributed by atoms with Crippen LogP contribution in [0.4, 0.5) is 0 Å². The van der Waals surface area contributed by atoms with Crippen LogP contribution in [0.1, 0.15) is 30.1 Å². The maximum Gasteiger partial charge on any atom is 0.258 e. The van der Waals surface area contributed by atoms with Crippen molar-refractivity contribution in [1.82, 2.24) is 14.9 Å². The number of aryl methyl sites for hydroxylation is 1. The number of likely N-dealkylation sites (tertiary alicyclic amines) is 1. The highest BCUT2D eigenvalue weighted by atomic mass is 16.1. The Labute approximate surface area is 147 Å². The maximum absolute atomic E-state index is 12.2. The molecule has 1 aliphatic heterocycles. The summed E-state index contributed by atoms with van der Waals surface area (Å²) >= 11 is 0. The number of hydrogen-bond acceptors (Lipinski definition) is 3. The van der Waals surface area contributed by atoms with Gasteiger partial charge >= 0.3 is 0 Å². The van der Waals surface area contributed by atoms with E-state index in [0.717, 1.165) is 16.6 Å². The lowest BCUT2D eigenvalue weighted by atomic mass is 9.88. The van der Waals surface area contributed by atoms with Crippen molar-refractivity contribution in [1.29, 1.82) is 0 Å². The Bertz CT molecular complexity index is 951. The van der Waals surface area contributed by atoms with Gasteiger partial charge in [-0.05, 0) is 63.0 Å². The van der Waals surface area contributed by atoms with Crippen molar-refractivity contribution >= 4 is 10.9 Å². The summed E-state index contributed by atoms with van der Waals surface area (Å²) in [5.41, 5.74) is 4.24. The number of H-pyrrole nitrogens is 1. The molecule has 1 fully saturated rings. The topological polar surface area (TPSA) is 49.0 Å². The fourth-order valence-electron chi connectivity index (χ4n) is 3.78. The Hall–Kier alpha value is -2.46. The highest BCUT2D eigenvalue weighted by molar-refractivity contribution is 5.93. The molecule has 2 aromatic carbocycles. The van der Waals surface area contributed by atoms with E-state index in [1.54, 1.807) is 0 Å². The molecular weight excluding hydrogens is 310 g/mol. The molecule has 4 nitrogen and oxygen atoms in total. The smallest absolute Gasteiger partial charge is 0.258 e. The third-order valence-electron chi connectivity index (χ3n) is 5.27. The van der Waals surface area contributed by atoms with Gasteiger partial charge in [-0.15, -0.1) is 0 Å². The quantitative estimate of drug-likeness (QED) is 0.778. The van der Waals surface area contributed by atoms with Gasteiger partial charge in [-0.2, -0.15) is 0 Å². The van der Waals surface area contributed by atoms with Gasteiger partial charge in [0, 0.05) is 5.56 Å². The molecule has 0 spiro atoms. The second-order valence-corrected chi connectivity index (χ2v) is 7.05. The minimum Gasteiger partial charge on any atom is -0.310 e. The molecular formula is C21H23N3O. The number of piperidine rings is 1. The molecule has 4 heteroatoms. The van der Waals surface area contributed by atoms with Crippen LogP contribution >= 0.6 is 0 Å². The molecule has 128 valence electrons. The third kappa shape index (κ3) is 3.10. The van der Waals surface area contributed by atoms with Crippen molar-refractivity contribution in [3.63, 3.8) is 0 Å². The van der Waals surface area contributed by atoms with E-state index in [-0.39, 0.29) is 5.56 Å². The number of para-hydroxylation sites is 1. The van der Waals surface area contributed by atoms with Crippen molar-refractivity contribution in [3.8, 4) is 11.1 Å². The van der Waals surface area contributed by atoms with Crippen LogP contribution in [0.15, 0.2) is 47.3 Å². The average Bonchev–Trinajstić information content (AvgIpc) is 2.62. The predicted molar refractivity (Wildman–Crippen MR) is 102 cm³/mol. The van der Waals surface area contributed by atoms with Gasteiger partial charge in [0.1, 0.15) is 5.82 Å². The standard InChI is InChI=1S/C21H23N3O/c1-14-22-20-18(4-3-5-19(20)21(25)23-14)17-8-6-15(7-9-17)16-10-12-24(2)13-11-16/h3-9,16H,10-13H2,1-2H3,(H,22,23,25). The summed E-state index contributed by atoms with van der Waals surface area (Å²) in [4.78, 5) is 21.9. The number of benzene rings is 2. The summed E-state index contributed by atoms with van der Waals surface area (Å²) in [7, 11) is 2.19. The molecule has 3 aromatic rings. The fourth-order valence-corrected chi connectivity index (χ4v) is 3.78. The largest absolute Gasteiger partial charge is 0.310 e. The number of nitrogens with zero attached hydrogens (tertiary/aromatic N) is 2. The second-order valence-electron chi connectivity index (χ2n) is 7.05. The SMILES string of the molecule is Cc1nc2c(-c3ccc(C4CCN(C)CC4)cc3)cccc2c(=O)[nH]1. The lowest BCUT2D eigenvalue weighted by molar-refractivity contribution is 0.255. The minimum absolute atomic E-state index is 0.0766. The molecule has 1 aromatic heterocycles. The van der Waals surface area contributed by atoms with Crippen LogP contribution in [0.3, 0.4) is 0 Å². The van der Waals surface area contributed by atoms with Gasteiger partial charge in [0.2, 0.25) is 0 Å². The van der Waals surface area contributed by atoms with Crippen LogP contribution in [0.2, 0.25) is 0 Å². The molecule has 0 saturated carbocycles. The van der Waals surface area contributed by atoms with E-state index < -0.39 is 0 Å². The summed E-state index contributed by atoms with van der Waals surface area (Å²) in [5.74, 6) is 1.30. The average molecular weight is 333 g/mol. The van der Waals surface area contributed by atoms with Crippen LogP contribution in [-0.2, 0) is 0 Å². The molecule has 0 atom stereocenters. The lowest BCUT2D eigenvalue weighted by Gasteiger charge is -2.29. The van der Waals surface area contributed by atoms with Gasteiger partial charge in [0.15, 0.2) is 0 Å². The number of fused-ring (bicyclic) bond motifs is 1. The molecule has 0 amide bonds. The van der Waals surface area contributed by atoms with Gasteiger partial charge in [-0.1, -0.05) is 36.4 Å². The third-order valence-corrected chi connectivity index (χ3v) is 5.27. The Balaban J connectivity index is 1.71. The van der Waals surface area contributed by atoms with E-state index in [4.69, 9.17) is 0 Å². The molecule has 25 heavy (non-hydrogen) atoms. The monoisotopic (exact) mass is 333 g/mol. The molecule has 0 bridgehead atoms. The van der Waals surface area contributed by atoms with Crippen LogP contribution in [-0.4, -0.2) is 35.0 Å². The highest BCUT2D eigenvalue weighted by Gasteiger charge is 2.18. The molecule has 1 N–H and O–H groups in total. The zero-order valence-corrected chi connectivity index (χ0v) is 14.7. The van der Waals surface area contributed by atoms with Crippen LogP contribution < -0.4 is 5.56 Å². The number of aromatic amines is 1. The molecule has 4 rings (SSSR count). The first-order chi connectivity index (χ1) is 12.1. The van der Waals surface area contributed by atoms with Crippen molar-refractivity contribution in [3.05, 3.63) is 64.2 Å². The van der Waals surface area contributed by atoms with Gasteiger partial charge in [-0.25, -0.2) is 4.98 Å². The number of rotatable bonds is 2. The first-order valence-electron chi connectivity index (χ1n) is 8.90. The molecule has 0 unspecified atom stereocenters.